The van der Waals surface area contributed by atoms with Gasteiger partial charge in [0.25, 0.3) is 5.91 Å². The lowest BCUT2D eigenvalue weighted by Crippen LogP contribution is -2.27. The van der Waals surface area contributed by atoms with Gasteiger partial charge in [-0.15, -0.1) is 0 Å². The van der Waals surface area contributed by atoms with E-state index in [2.05, 4.69) is 17.2 Å². The van der Waals surface area contributed by atoms with Crippen molar-refractivity contribution in [2.24, 2.45) is 5.73 Å². The van der Waals surface area contributed by atoms with Crippen LogP contribution in [-0.4, -0.2) is 31.7 Å². The molecule has 6 nitrogen and oxygen atoms in total. The van der Waals surface area contributed by atoms with E-state index in [-0.39, 0.29) is 5.91 Å². The number of hydrogen-bond donors (Lipinski definition) is 3. The third-order valence-corrected chi connectivity index (χ3v) is 2.30. The Hall–Kier alpha value is -2.34. The second-order valence-electron chi connectivity index (χ2n) is 4.33. The Morgan fingerprint density at radius 2 is 1.95 bits per heavy atom. The van der Waals surface area contributed by atoms with Crippen LogP contribution in [0.3, 0.4) is 0 Å². The molecule has 0 bridgehead atoms. The number of ether oxygens (including phenoxy) is 1. The van der Waals surface area contributed by atoms with Crippen molar-refractivity contribution in [1.82, 2.24) is 5.32 Å². The molecule has 0 aliphatic carbocycles. The lowest BCUT2D eigenvalue weighted by Gasteiger charge is -2.07. The first kappa shape index (κ1) is 15.7. The Kier molecular flexibility index (Phi) is 6.25. The average molecular weight is 277 g/mol. The number of benzene rings is 1. The summed E-state index contributed by atoms with van der Waals surface area (Å²) >= 11 is 0. The van der Waals surface area contributed by atoms with Crippen LogP contribution < -0.4 is 16.4 Å². The SMILES string of the molecule is C=C(C)COCCNC(=O)c1ccc(NC(N)=O)cc1. The molecule has 3 amide bonds. The van der Waals surface area contributed by atoms with Gasteiger partial charge in [0.1, 0.15) is 0 Å². The minimum atomic E-state index is -0.642. The quantitative estimate of drug-likeness (QED) is 0.521. The maximum Gasteiger partial charge on any atom is 0.316 e. The average Bonchev–Trinajstić information content (AvgIpc) is 2.38. The maximum atomic E-state index is 11.8. The maximum absolute atomic E-state index is 11.8. The van der Waals surface area contributed by atoms with Crippen LogP contribution in [-0.2, 0) is 4.74 Å². The van der Waals surface area contributed by atoms with Gasteiger partial charge in [-0.25, -0.2) is 4.79 Å². The molecule has 0 fully saturated rings. The van der Waals surface area contributed by atoms with E-state index in [4.69, 9.17) is 10.5 Å². The fourth-order valence-electron chi connectivity index (χ4n) is 1.43. The molecule has 20 heavy (non-hydrogen) atoms. The predicted octanol–water partition coefficient (Wildman–Crippen LogP) is 1.50. The van der Waals surface area contributed by atoms with Crippen LogP contribution in [0.15, 0.2) is 36.4 Å². The highest BCUT2D eigenvalue weighted by molar-refractivity contribution is 5.95. The highest BCUT2D eigenvalue weighted by Crippen LogP contribution is 2.08. The van der Waals surface area contributed by atoms with Gasteiger partial charge in [-0.2, -0.15) is 0 Å². The van der Waals surface area contributed by atoms with Crippen molar-refractivity contribution in [2.45, 2.75) is 6.92 Å². The lowest BCUT2D eigenvalue weighted by atomic mass is 10.2. The number of nitrogens with two attached hydrogens (primary N) is 1. The van der Waals surface area contributed by atoms with Crippen molar-refractivity contribution in [1.29, 1.82) is 0 Å². The van der Waals surface area contributed by atoms with Crippen LogP contribution >= 0.6 is 0 Å². The van der Waals surface area contributed by atoms with Gasteiger partial charge in [0, 0.05) is 17.8 Å². The number of nitrogens with one attached hydrogen (secondary N) is 2. The molecule has 4 N–H and O–H groups in total. The van der Waals surface area contributed by atoms with E-state index >= 15 is 0 Å². The highest BCUT2D eigenvalue weighted by Gasteiger charge is 2.05. The molecule has 0 aromatic heterocycles. The summed E-state index contributed by atoms with van der Waals surface area (Å²) < 4.78 is 5.27. The van der Waals surface area contributed by atoms with Crippen LogP contribution in [0.5, 0.6) is 0 Å². The molecular formula is C14H19N3O3. The van der Waals surface area contributed by atoms with Crippen LogP contribution in [0.2, 0.25) is 0 Å². The third kappa shape index (κ3) is 6.01. The number of primary amides is 1. The van der Waals surface area contributed by atoms with Gasteiger partial charge >= 0.3 is 6.03 Å². The number of carbonyl (C=O) groups is 2. The molecule has 0 aliphatic rings. The zero-order valence-corrected chi connectivity index (χ0v) is 11.4. The minimum Gasteiger partial charge on any atom is -0.375 e. The molecule has 0 radical (unpaired) electrons. The van der Waals surface area contributed by atoms with E-state index < -0.39 is 6.03 Å². The second-order valence-corrected chi connectivity index (χ2v) is 4.33. The van der Waals surface area contributed by atoms with Crippen molar-refractivity contribution in [3.63, 3.8) is 0 Å². The Balaban J connectivity index is 2.36. The van der Waals surface area contributed by atoms with E-state index in [9.17, 15) is 9.59 Å². The van der Waals surface area contributed by atoms with E-state index in [1.807, 2.05) is 6.92 Å². The van der Waals surface area contributed by atoms with Crippen LogP contribution in [0, 0.1) is 0 Å². The summed E-state index contributed by atoms with van der Waals surface area (Å²) in [5.41, 5.74) is 6.97. The predicted molar refractivity (Wildman–Crippen MR) is 77.6 cm³/mol. The van der Waals surface area contributed by atoms with Gasteiger partial charge in [-0.3, -0.25) is 4.79 Å². The van der Waals surface area contributed by atoms with Crippen molar-refractivity contribution < 1.29 is 14.3 Å². The number of amides is 3. The first-order valence-corrected chi connectivity index (χ1v) is 6.16. The zero-order chi connectivity index (χ0) is 15.0. The summed E-state index contributed by atoms with van der Waals surface area (Å²) in [6, 6.07) is 5.79. The van der Waals surface area contributed by atoms with Gasteiger partial charge in [0.05, 0.1) is 13.2 Å². The Morgan fingerprint density at radius 1 is 1.30 bits per heavy atom. The van der Waals surface area contributed by atoms with Crippen molar-refractivity contribution >= 4 is 17.6 Å². The van der Waals surface area contributed by atoms with Gasteiger partial charge in [-0.1, -0.05) is 12.2 Å². The standard InChI is InChI=1S/C14H19N3O3/c1-10(2)9-20-8-7-16-13(18)11-3-5-12(6-4-11)17-14(15)19/h3-6H,1,7-9H2,2H3,(H,16,18)(H3,15,17,19). The van der Waals surface area contributed by atoms with Crippen LogP contribution in [0.1, 0.15) is 17.3 Å². The number of carbonyl (C=O) groups excluding carboxylic acids is 2. The summed E-state index contributed by atoms with van der Waals surface area (Å²) in [4.78, 5) is 22.4. The minimum absolute atomic E-state index is 0.199. The molecule has 0 unspecified atom stereocenters. The Labute approximate surface area is 118 Å². The third-order valence-electron chi connectivity index (χ3n) is 2.30. The molecule has 108 valence electrons. The molecular weight excluding hydrogens is 258 g/mol. The number of hydrogen-bond acceptors (Lipinski definition) is 3. The van der Waals surface area contributed by atoms with Gasteiger partial charge in [0.2, 0.25) is 0 Å². The topological polar surface area (TPSA) is 93.4 Å². The van der Waals surface area contributed by atoms with Crippen molar-refractivity contribution in [2.75, 3.05) is 25.1 Å². The molecule has 1 aromatic rings. The molecule has 1 aromatic carbocycles. The van der Waals surface area contributed by atoms with Crippen LogP contribution in [0.4, 0.5) is 10.5 Å². The normalized spacial score (nSPS) is 9.85. The number of rotatable bonds is 7. The van der Waals surface area contributed by atoms with Gasteiger partial charge in [0.15, 0.2) is 0 Å². The second kappa shape index (κ2) is 7.96. The largest absolute Gasteiger partial charge is 0.375 e. The van der Waals surface area contributed by atoms with E-state index in [1.54, 1.807) is 24.3 Å². The van der Waals surface area contributed by atoms with Crippen molar-refractivity contribution in [3.8, 4) is 0 Å². The van der Waals surface area contributed by atoms with Crippen molar-refractivity contribution in [3.05, 3.63) is 42.0 Å². The fraction of sp³-hybridized carbons (Fsp3) is 0.286. The lowest BCUT2D eigenvalue weighted by molar-refractivity contribution is 0.0927. The molecule has 1 rings (SSSR count). The van der Waals surface area contributed by atoms with Gasteiger partial charge in [-0.05, 0) is 31.2 Å². The number of anilines is 1. The smallest absolute Gasteiger partial charge is 0.316 e. The first-order chi connectivity index (χ1) is 9.49. The molecule has 0 heterocycles. The number of urea groups is 1. The molecule has 6 heteroatoms. The molecule has 0 atom stereocenters. The van der Waals surface area contributed by atoms with Crippen LogP contribution in [0.25, 0.3) is 0 Å². The Bertz CT molecular complexity index is 483. The van der Waals surface area contributed by atoms with Gasteiger partial charge < -0.3 is 21.1 Å². The summed E-state index contributed by atoms with van der Waals surface area (Å²) in [5, 5.41) is 5.15. The van der Waals surface area contributed by atoms with E-state index in [0.29, 0.717) is 31.0 Å². The summed E-state index contributed by atoms with van der Waals surface area (Å²) in [6.07, 6.45) is 0. The first-order valence-electron chi connectivity index (χ1n) is 6.16. The fourth-order valence-corrected chi connectivity index (χ4v) is 1.43. The Morgan fingerprint density at radius 3 is 2.50 bits per heavy atom. The van der Waals surface area contributed by atoms with E-state index in [0.717, 1.165) is 5.57 Å². The van der Waals surface area contributed by atoms with E-state index in [1.165, 1.54) is 0 Å². The highest BCUT2D eigenvalue weighted by atomic mass is 16.5. The molecule has 0 spiro atoms. The zero-order valence-electron chi connectivity index (χ0n) is 11.4. The summed E-state index contributed by atoms with van der Waals surface area (Å²) in [5.74, 6) is -0.199. The molecule has 0 aliphatic heterocycles. The summed E-state index contributed by atoms with van der Waals surface area (Å²) in [7, 11) is 0. The monoisotopic (exact) mass is 277 g/mol. The molecule has 0 saturated heterocycles. The molecule has 0 saturated carbocycles. The summed E-state index contributed by atoms with van der Waals surface area (Å²) in [6.45, 7) is 6.93.